The van der Waals surface area contributed by atoms with Gasteiger partial charge in [-0.3, -0.25) is 10.2 Å². The van der Waals surface area contributed by atoms with Crippen LogP contribution in [0.3, 0.4) is 0 Å². The third kappa shape index (κ3) is 2.85. The number of carbonyl (C=O) groups is 1. The molecule has 5 rings (SSSR count). The molecule has 132 valence electrons. The summed E-state index contributed by atoms with van der Waals surface area (Å²) in [6.45, 7) is 2.33. The molecule has 26 heavy (non-hydrogen) atoms. The molecule has 5 nitrogen and oxygen atoms in total. The molecule has 1 saturated heterocycles. The molecule has 1 unspecified atom stereocenters. The van der Waals surface area contributed by atoms with Gasteiger partial charge in [-0.05, 0) is 61.2 Å². The van der Waals surface area contributed by atoms with E-state index in [9.17, 15) is 4.79 Å². The predicted octanol–water partition coefficient (Wildman–Crippen LogP) is 4.60. The van der Waals surface area contributed by atoms with Gasteiger partial charge in [-0.2, -0.15) is 0 Å². The van der Waals surface area contributed by atoms with Crippen molar-refractivity contribution >= 4 is 33.3 Å². The maximum absolute atomic E-state index is 12.3. The Morgan fingerprint density at radius 3 is 3.15 bits per heavy atom. The first-order valence-corrected chi connectivity index (χ1v) is 9.83. The molecule has 3 aromatic rings. The van der Waals surface area contributed by atoms with Crippen LogP contribution in [0, 0.1) is 0 Å². The SMILES string of the molecule is O=C(Nc1ccc2c(c1)C1CCCN1CC2)Oc1ccc2scnc2c1. The number of rotatable bonds is 2. The summed E-state index contributed by atoms with van der Waals surface area (Å²) >= 11 is 1.57. The zero-order chi connectivity index (χ0) is 17.5. The van der Waals surface area contributed by atoms with E-state index in [-0.39, 0.29) is 0 Å². The number of anilines is 1. The molecule has 2 aromatic carbocycles. The van der Waals surface area contributed by atoms with Crippen molar-refractivity contribution in [1.82, 2.24) is 9.88 Å². The third-order valence-electron chi connectivity index (χ3n) is 5.30. The quantitative estimate of drug-likeness (QED) is 0.721. The number of aromatic nitrogens is 1. The Bertz CT molecular complexity index is 984. The van der Waals surface area contributed by atoms with E-state index in [4.69, 9.17) is 4.74 Å². The van der Waals surface area contributed by atoms with Gasteiger partial charge in [-0.1, -0.05) is 6.07 Å². The molecule has 0 saturated carbocycles. The second-order valence-corrected chi connectivity index (χ2v) is 7.74. The van der Waals surface area contributed by atoms with Crippen molar-refractivity contribution in [2.45, 2.75) is 25.3 Å². The van der Waals surface area contributed by atoms with Crippen LogP contribution in [-0.4, -0.2) is 29.1 Å². The summed E-state index contributed by atoms with van der Waals surface area (Å²) in [4.78, 5) is 19.1. The highest BCUT2D eigenvalue weighted by Crippen LogP contribution is 2.38. The van der Waals surface area contributed by atoms with Gasteiger partial charge in [0.15, 0.2) is 0 Å². The second-order valence-electron chi connectivity index (χ2n) is 6.85. The minimum atomic E-state index is -0.474. The van der Waals surface area contributed by atoms with Crippen LogP contribution in [0.4, 0.5) is 10.5 Å². The van der Waals surface area contributed by atoms with Crippen LogP contribution < -0.4 is 10.1 Å². The van der Waals surface area contributed by atoms with E-state index in [1.54, 1.807) is 29.0 Å². The lowest BCUT2D eigenvalue weighted by molar-refractivity contribution is 0.215. The van der Waals surface area contributed by atoms with Crippen molar-refractivity contribution in [1.29, 1.82) is 0 Å². The first-order chi connectivity index (χ1) is 12.8. The van der Waals surface area contributed by atoms with Crippen LogP contribution in [0.1, 0.15) is 30.0 Å². The fraction of sp³-hybridized carbons (Fsp3) is 0.300. The first kappa shape index (κ1) is 15.8. The summed E-state index contributed by atoms with van der Waals surface area (Å²) in [5.41, 5.74) is 6.18. The Morgan fingerprint density at radius 2 is 2.19 bits per heavy atom. The van der Waals surface area contributed by atoms with Gasteiger partial charge in [0.2, 0.25) is 0 Å². The molecule has 2 aliphatic heterocycles. The third-order valence-corrected chi connectivity index (χ3v) is 6.11. The number of benzene rings is 2. The van der Waals surface area contributed by atoms with Crippen molar-refractivity contribution in [3.05, 3.63) is 53.0 Å². The fourth-order valence-corrected chi connectivity index (χ4v) is 4.73. The fourth-order valence-electron chi connectivity index (χ4n) is 4.07. The number of hydrogen-bond acceptors (Lipinski definition) is 5. The molecule has 2 aliphatic rings. The van der Waals surface area contributed by atoms with Crippen molar-refractivity contribution in [3.63, 3.8) is 0 Å². The van der Waals surface area contributed by atoms with Crippen LogP contribution in [0.15, 0.2) is 41.9 Å². The van der Waals surface area contributed by atoms with Gasteiger partial charge in [-0.15, -0.1) is 11.3 Å². The zero-order valence-corrected chi connectivity index (χ0v) is 15.1. The van der Waals surface area contributed by atoms with Crippen molar-refractivity contribution in [3.8, 4) is 5.75 Å². The average molecular weight is 365 g/mol. The van der Waals surface area contributed by atoms with E-state index in [1.807, 2.05) is 12.1 Å². The van der Waals surface area contributed by atoms with E-state index in [0.29, 0.717) is 11.8 Å². The molecule has 3 heterocycles. The van der Waals surface area contributed by atoms with Crippen LogP contribution >= 0.6 is 11.3 Å². The highest BCUT2D eigenvalue weighted by atomic mass is 32.1. The summed E-state index contributed by atoms with van der Waals surface area (Å²) in [5, 5.41) is 2.86. The normalized spacial score (nSPS) is 19.2. The second kappa shape index (κ2) is 6.37. The smallest absolute Gasteiger partial charge is 0.410 e. The molecule has 6 heteroatoms. The van der Waals surface area contributed by atoms with E-state index in [2.05, 4.69) is 27.3 Å². The Kier molecular flexibility index (Phi) is 3.87. The summed E-state index contributed by atoms with van der Waals surface area (Å²) in [5.74, 6) is 0.501. The Hall–Kier alpha value is -2.44. The van der Waals surface area contributed by atoms with Gasteiger partial charge in [-0.25, -0.2) is 9.78 Å². The first-order valence-electron chi connectivity index (χ1n) is 8.95. The maximum atomic E-state index is 12.3. The van der Waals surface area contributed by atoms with E-state index < -0.39 is 6.09 Å². The van der Waals surface area contributed by atoms with E-state index in [0.717, 1.165) is 28.9 Å². The van der Waals surface area contributed by atoms with Crippen LogP contribution in [0.2, 0.25) is 0 Å². The molecule has 1 atom stereocenters. The molecule has 0 spiro atoms. The van der Waals surface area contributed by atoms with Gasteiger partial charge < -0.3 is 4.74 Å². The molecule has 0 bridgehead atoms. The van der Waals surface area contributed by atoms with Crippen molar-refractivity contribution in [2.24, 2.45) is 0 Å². The number of amides is 1. The summed E-state index contributed by atoms with van der Waals surface area (Å²) in [6.07, 6.45) is 3.07. The standard InChI is InChI=1S/C20H19N3O2S/c24-20(25-15-5-6-19-17(11-15)21-12-26-19)22-14-4-3-13-7-9-23-8-1-2-18(23)16(13)10-14/h3-6,10-12,18H,1-2,7-9H2,(H,22,24). The van der Waals surface area contributed by atoms with Crippen molar-refractivity contribution in [2.75, 3.05) is 18.4 Å². The zero-order valence-electron chi connectivity index (χ0n) is 14.3. The minimum Gasteiger partial charge on any atom is -0.410 e. The van der Waals surface area contributed by atoms with E-state index in [1.165, 1.54) is 30.5 Å². The number of thiazole rings is 1. The number of fused-ring (bicyclic) bond motifs is 4. The number of ether oxygens (including phenoxy) is 1. The lowest BCUT2D eigenvalue weighted by Gasteiger charge is -2.32. The van der Waals surface area contributed by atoms with Crippen LogP contribution in [0.5, 0.6) is 5.75 Å². The van der Waals surface area contributed by atoms with Gasteiger partial charge in [0.25, 0.3) is 0 Å². The van der Waals surface area contributed by atoms with Gasteiger partial charge in [0.1, 0.15) is 5.75 Å². The number of nitrogens with one attached hydrogen (secondary N) is 1. The highest BCUT2D eigenvalue weighted by molar-refractivity contribution is 7.16. The number of nitrogens with zero attached hydrogens (tertiary/aromatic N) is 2. The molecule has 1 aromatic heterocycles. The highest BCUT2D eigenvalue weighted by Gasteiger charge is 2.31. The molecule has 1 N–H and O–H groups in total. The summed E-state index contributed by atoms with van der Waals surface area (Å²) in [6, 6.07) is 12.2. The largest absolute Gasteiger partial charge is 0.417 e. The molecule has 1 amide bonds. The lowest BCUT2D eigenvalue weighted by atomic mass is 9.92. The summed E-state index contributed by atoms with van der Waals surface area (Å²) in [7, 11) is 0. The van der Waals surface area contributed by atoms with Crippen LogP contribution in [0.25, 0.3) is 10.2 Å². The van der Waals surface area contributed by atoms with Gasteiger partial charge >= 0.3 is 6.09 Å². The summed E-state index contributed by atoms with van der Waals surface area (Å²) < 4.78 is 6.51. The van der Waals surface area contributed by atoms with Crippen LogP contribution in [-0.2, 0) is 6.42 Å². The number of carbonyl (C=O) groups excluding carboxylic acids is 1. The van der Waals surface area contributed by atoms with Crippen molar-refractivity contribution < 1.29 is 9.53 Å². The monoisotopic (exact) mass is 365 g/mol. The molecule has 0 aliphatic carbocycles. The van der Waals surface area contributed by atoms with E-state index >= 15 is 0 Å². The maximum Gasteiger partial charge on any atom is 0.417 e. The molecular formula is C20H19N3O2S. The molecule has 0 radical (unpaired) electrons. The van der Waals surface area contributed by atoms with Gasteiger partial charge in [0, 0.05) is 24.3 Å². The Morgan fingerprint density at radius 1 is 1.23 bits per heavy atom. The Balaban J connectivity index is 1.32. The average Bonchev–Trinajstić information content (AvgIpc) is 3.30. The topological polar surface area (TPSA) is 54.5 Å². The van der Waals surface area contributed by atoms with Gasteiger partial charge in [0.05, 0.1) is 15.7 Å². The minimum absolute atomic E-state index is 0.474. The predicted molar refractivity (Wildman–Crippen MR) is 103 cm³/mol. The lowest BCUT2D eigenvalue weighted by Crippen LogP contribution is -2.31. The molecular weight excluding hydrogens is 346 g/mol. The number of hydrogen-bond donors (Lipinski definition) is 1. The Labute approximate surface area is 155 Å². The molecule has 1 fully saturated rings.